The SMILES string of the molecule is CC(C)C1CCC(C2(N)CCC2)CC1. The predicted octanol–water partition coefficient (Wildman–Crippen LogP) is 3.33. The molecule has 0 unspecified atom stereocenters. The van der Waals surface area contributed by atoms with E-state index in [9.17, 15) is 0 Å². The lowest BCUT2D eigenvalue weighted by Gasteiger charge is -2.48. The number of hydrogen-bond donors (Lipinski definition) is 1. The molecule has 0 spiro atoms. The van der Waals surface area contributed by atoms with Gasteiger partial charge in [-0.05, 0) is 62.7 Å². The first-order valence-corrected chi connectivity index (χ1v) is 6.41. The van der Waals surface area contributed by atoms with Crippen molar-refractivity contribution in [3.05, 3.63) is 0 Å². The molecule has 2 aliphatic carbocycles. The van der Waals surface area contributed by atoms with Gasteiger partial charge in [0.25, 0.3) is 0 Å². The third-order valence-corrected chi connectivity index (χ3v) is 4.81. The van der Waals surface area contributed by atoms with Crippen molar-refractivity contribution in [3.8, 4) is 0 Å². The van der Waals surface area contributed by atoms with Gasteiger partial charge in [-0.2, -0.15) is 0 Å². The Labute approximate surface area is 88.4 Å². The molecule has 2 rings (SSSR count). The summed E-state index contributed by atoms with van der Waals surface area (Å²) < 4.78 is 0. The summed E-state index contributed by atoms with van der Waals surface area (Å²) in [5.41, 5.74) is 6.66. The van der Waals surface area contributed by atoms with Gasteiger partial charge >= 0.3 is 0 Å². The van der Waals surface area contributed by atoms with E-state index < -0.39 is 0 Å². The fourth-order valence-electron chi connectivity index (χ4n) is 3.35. The highest BCUT2D eigenvalue weighted by atomic mass is 14.8. The van der Waals surface area contributed by atoms with E-state index in [2.05, 4.69) is 13.8 Å². The van der Waals surface area contributed by atoms with Crippen LogP contribution in [0.1, 0.15) is 58.8 Å². The first kappa shape index (κ1) is 10.5. The zero-order valence-corrected chi connectivity index (χ0v) is 9.76. The van der Waals surface area contributed by atoms with E-state index >= 15 is 0 Å². The Balaban J connectivity index is 1.84. The third kappa shape index (κ3) is 1.84. The van der Waals surface area contributed by atoms with Crippen molar-refractivity contribution in [2.75, 3.05) is 0 Å². The monoisotopic (exact) mass is 195 g/mol. The van der Waals surface area contributed by atoms with Crippen molar-refractivity contribution < 1.29 is 0 Å². The Hall–Kier alpha value is -0.0400. The van der Waals surface area contributed by atoms with Crippen molar-refractivity contribution in [1.82, 2.24) is 0 Å². The van der Waals surface area contributed by atoms with Crippen LogP contribution in [0, 0.1) is 17.8 Å². The van der Waals surface area contributed by atoms with Gasteiger partial charge in [-0.15, -0.1) is 0 Å². The average Bonchev–Trinajstić information content (AvgIpc) is 2.14. The van der Waals surface area contributed by atoms with Crippen LogP contribution in [0.3, 0.4) is 0 Å². The normalized spacial score (nSPS) is 36.9. The van der Waals surface area contributed by atoms with Crippen LogP contribution in [-0.2, 0) is 0 Å². The molecule has 2 aliphatic rings. The first-order chi connectivity index (χ1) is 6.62. The molecule has 2 fully saturated rings. The molecule has 0 bridgehead atoms. The highest BCUT2D eigenvalue weighted by Crippen LogP contribution is 2.45. The summed E-state index contributed by atoms with van der Waals surface area (Å²) in [6, 6.07) is 0. The van der Waals surface area contributed by atoms with Gasteiger partial charge in [-0.25, -0.2) is 0 Å². The molecule has 0 atom stereocenters. The van der Waals surface area contributed by atoms with Crippen LogP contribution in [0.2, 0.25) is 0 Å². The predicted molar refractivity (Wildman–Crippen MR) is 61.1 cm³/mol. The van der Waals surface area contributed by atoms with E-state index in [1.54, 1.807) is 0 Å². The number of hydrogen-bond acceptors (Lipinski definition) is 1. The topological polar surface area (TPSA) is 26.0 Å². The fourth-order valence-corrected chi connectivity index (χ4v) is 3.35. The standard InChI is InChI=1S/C13H25N/c1-10(2)11-4-6-12(7-5-11)13(14)8-3-9-13/h10-12H,3-9,14H2,1-2H3. The minimum atomic E-state index is 0.266. The van der Waals surface area contributed by atoms with Crippen LogP contribution < -0.4 is 5.73 Å². The summed E-state index contributed by atoms with van der Waals surface area (Å²) in [4.78, 5) is 0. The second kappa shape index (κ2) is 3.84. The van der Waals surface area contributed by atoms with E-state index in [4.69, 9.17) is 5.73 Å². The minimum Gasteiger partial charge on any atom is -0.325 e. The van der Waals surface area contributed by atoms with Gasteiger partial charge in [-0.1, -0.05) is 13.8 Å². The van der Waals surface area contributed by atoms with Gasteiger partial charge in [0.1, 0.15) is 0 Å². The van der Waals surface area contributed by atoms with Crippen molar-refractivity contribution in [2.24, 2.45) is 23.5 Å². The third-order valence-electron chi connectivity index (χ3n) is 4.81. The summed E-state index contributed by atoms with van der Waals surface area (Å²) in [6.45, 7) is 4.74. The Morgan fingerprint density at radius 1 is 1.07 bits per heavy atom. The molecule has 0 saturated heterocycles. The Morgan fingerprint density at radius 2 is 1.64 bits per heavy atom. The first-order valence-electron chi connectivity index (χ1n) is 6.41. The van der Waals surface area contributed by atoms with E-state index in [0.717, 1.165) is 17.8 Å². The molecular formula is C13H25N. The maximum atomic E-state index is 6.40. The second-order valence-corrected chi connectivity index (χ2v) is 5.94. The lowest BCUT2D eigenvalue weighted by molar-refractivity contribution is 0.0916. The molecule has 0 amide bonds. The molecule has 1 heteroatoms. The average molecular weight is 195 g/mol. The molecule has 0 aromatic rings. The molecule has 2 saturated carbocycles. The second-order valence-electron chi connectivity index (χ2n) is 5.94. The minimum absolute atomic E-state index is 0.266. The highest BCUT2D eigenvalue weighted by molar-refractivity contribution is 4.99. The van der Waals surface area contributed by atoms with Crippen molar-refractivity contribution in [1.29, 1.82) is 0 Å². The van der Waals surface area contributed by atoms with Gasteiger partial charge in [0.15, 0.2) is 0 Å². The Kier molecular flexibility index (Phi) is 2.88. The van der Waals surface area contributed by atoms with Crippen LogP contribution >= 0.6 is 0 Å². The van der Waals surface area contributed by atoms with E-state index in [1.165, 1.54) is 44.9 Å². The van der Waals surface area contributed by atoms with Crippen LogP contribution in [0.25, 0.3) is 0 Å². The molecule has 82 valence electrons. The van der Waals surface area contributed by atoms with E-state index in [0.29, 0.717) is 0 Å². The summed E-state index contributed by atoms with van der Waals surface area (Å²) in [6.07, 6.45) is 9.63. The smallest absolute Gasteiger partial charge is 0.0182 e. The molecular weight excluding hydrogens is 170 g/mol. The molecule has 0 aliphatic heterocycles. The molecule has 0 radical (unpaired) electrons. The van der Waals surface area contributed by atoms with E-state index in [-0.39, 0.29) is 5.54 Å². The van der Waals surface area contributed by atoms with Crippen molar-refractivity contribution in [3.63, 3.8) is 0 Å². The molecule has 0 heterocycles. The Morgan fingerprint density at radius 3 is 2.00 bits per heavy atom. The number of nitrogens with two attached hydrogens (primary N) is 1. The summed E-state index contributed by atoms with van der Waals surface area (Å²) in [5, 5.41) is 0. The lowest BCUT2D eigenvalue weighted by Crippen LogP contribution is -2.53. The molecule has 2 N–H and O–H groups in total. The van der Waals surface area contributed by atoms with E-state index in [1.807, 2.05) is 0 Å². The van der Waals surface area contributed by atoms with Gasteiger partial charge in [0, 0.05) is 5.54 Å². The van der Waals surface area contributed by atoms with Crippen molar-refractivity contribution >= 4 is 0 Å². The largest absolute Gasteiger partial charge is 0.325 e. The quantitative estimate of drug-likeness (QED) is 0.718. The van der Waals surface area contributed by atoms with Crippen LogP contribution in [0.5, 0.6) is 0 Å². The number of rotatable bonds is 2. The van der Waals surface area contributed by atoms with Gasteiger partial charge in [-0.3, -0.25) is 0 Å². The maximum absolute atomic E-state index is 6.40. The molecule has 0 aromatic carbocycles. The van der Waals surface area contributed by atoms with Gasteiger partial charge in [0.2, 0.25) is 0 Å². The zero-order valence-electron chi connectivity index (χ0n) is 9.76. The fraction of sp³-hybridized carbons (Fsp3) is 1.00. The Bertz CT molecular complexity index is 185. The lowest BCUT2D eigenvalue weighted by atomic mass is 9.62. The van der Waals surface area contributed by atoms with Crippen molar-refractivity contribution in [2.45, 2.75) is 64.3 Å². The summed E-state index contributed by atoms with van der Waals surface area (Å²) >= 11 is 0. The summed E-state index contributed by atoms with van der Waals surface area (Å²) in [7, 11) is 0. The van der Waals surface area contributed by atoms with Crippen LogP contribution in [0.4, 0.5) is 0 Å². The zero-order chi connectivity index (χ0) is 10.2. The maximum Gasteiger partial charge on any atom is 0.0182 e. The van der Waals surface area contributed by atoms with Gasteiger partial charge < -0.3 is 5.73 Å². The van der Waals surface area contributed by atoms with Crippen LogP contribution in [0.15, 0.2) is 0 Å². The summed E-state index contributed by atoms with van der Waals surface area (Å²) in [5.74, 6) is 2.72. The highest BCUT2D eigenvalue weighted by Gasteiger charge is 2.41. The van der Waals surface area contributed by atoms with Crippen LogP contribution in [-0.4, -0.2) is 5.54 Å². The molecule has 1 nitrogen and oxygen atoms in total. The molecule has 14 heavy (non-hydrogen) atoms. The van der Waals surface area contributed by atoms with Gasteiger partial charge in [0.05, 0.1) is 0 Å². The molecule has 0 aromatic heterocycles.